The predicted octanol–water partition coefficient (Wildman–Crippen LogP) is 4.07. The maximum absolute atomic E-state index is 5.88. The lowest BCUT2D eigenvalue weighted by Crippen LogP contribution is -2.29. The zero-order valence-electron chi connectivity index (χ0n) is 12.7. The molecule has 3 rings (SSSR count). The predicted molar refractivity (Wildman–Crippen MR) is 88.0 cm³/mol. The first-order chi connectivity index (χ1) is 10.3. The second-order valence-electron chi connectivity index (χ2n) is 5.95. The molecule has 0 radical (unpaired) electrons. The zero-order valence-corrected chi connectivity index (χ0v) is 12.7. The lowest BCUT2D eigenvalue weighted by Gasteiger charge is -2.27. The maximum atomic E-state index is 5.88. The van der Waals surface area contributed by atoms with Gasteiger partial charge in [0.05, 0.1) is 6.04 Å². The maximum Gasteiger partial charge on any atom is 0.0712 e. The molecule has 1 aliphatic carbocycles. The average molecular weight is 280 g/mol. The van der Waals surface area contributed by atoms with Crippen LogP contribution in [-0.2, 0) is 6.42 Å². The van der Waals surface area contributed by atoms with E-state index in [-0.39, 0.29) is 6.04 Å². The molecule has 1 aliphatic rings. The molecule has 0 amide bonds. The summed E-state index contributed by atoms with van der Waals surface area (Å²) >= 11 is 0. The van der Waals surface area contributed by atoms with Gasteiger partial charge in [0, 0.05) is 0 Å². The van der Waals surface area contributed by atoms with Crippen LogP contribution in [-0.4, -0.2) is 0 Å². The number of rotatable bonds is 5. The minimum Gasteiger partial charge on any atom is -0.271 e. The molecule has 0 bridgehead atoms. The van der Waals surface area contributed by atoms with Crippen molar-refractivity contribution in [1.82, 2.24) is 5.43 Å². The number of nitrogens with one attached hydrogen (secondary N) is 1. The third-order valence-corrected chi connectivity index (χ3v) is 4.73. The van der Waals surface area contributed by atoms with Crippen LogP contribution in [0.5, 0.6) is 0 Å². The van der Waals surface area contributed by atoms with E-state index in [4.69, 9.17) is 5.84 Å². The fraction of sp³-hybridized carbons (Fsp3) is 0.368. The van der Waals surface area contributed by atoms with Crippen LogP contribution in [0.25, 0.3) is 0 Å². The van der Waals surface area contributed by atoms with Crippen molar-refractivity contribution in [3.8, 4) is 0 Å². The minimum absolute atomic E-state index is 0.0705. The molecule has 110 valence electrons. The highest BCUT2D eigenvalue weighted by molar-refractivity contribution is 5.39. The van der Waals surface area contributed by atoms with Crippen LogP contribution in [0.4, 0.5) is 0 Å². The van der Waals surface area contributed by atoms with Crippen molar-refractivity contribution in [3.05, 3.63) is 70.8 Å². The summed E-state index contributed by atoms with van der Waals surface area (Å²) in [5, 5.41) is 0. The van der Waals surface area contributed by atoms with Crippen molar-refractivity contribution in [3.63, 3.8) is 0 Å². The molecular weight excluding hydrogens is 256 g/mol. The molecule has 2 heteroatoms. The van der Waals surface area contributed by atoms with E-state index in [0.717, 1.165) is 12.3 Å². The Balaban J connectivity index is 1.95. The third kappa shape index (κ3) is 2.87. The Morgan fingerprint density at radius 2 is 1.95 bits per heavy atom. The van der Waals surface area contributed by atoms with E-state index >= 15 is 0 Å². The Labute approximate surface area is 127 Å². The minimum atomic E-state index is 0.0705. The molecule has 21 heavy (non-hydrogen) atoms. The molecule has 2 nitrogen and oxygen atoms in total. The second-order valence-corrected chi connectivity index (χ2v) is 5.95. The van der Waals surface area contributed by atoms with Crippen LogP contribution in [0.1, 0.15) is 60.4 Å². The second kappa shape index (κ2) is 6.42. The molecule has 0 heterocycles. The van der Waals surface area contributed by atoms with Crippen LogP contribution in [0, 0.1) is 0 Å². The molecule has 1 unspecified atom stereocenters. The summed E-state index contributed by atoms with van der Waals surface area (Å²) < 4.78 is 0. The smallest absolute Gasteiger partial charge is 0.0712 e. The van der Waals surface area contributed by atoms with Gasteiger partial charge in [0.15, 0.2) is 0 Å². The van der Waals surface area contributed by atoms with E-state index in [0.29, 0.717) is 0 Å². The number of benzene rings is 2. The molecule has 0 aliphatic heterocycles. The first-order valence-electron chi connectivity index (χ1n) is 7.97. The van der Waals surface area contributed by atoms with E-state index in [1.807, 2.05) is 0 Å². The van der Waals surface area contributed by atoms with Crippen molar-refractivity contribution in [2.24, 2.45) is 5.84 Å². The monoisotopic (exact) mass is 280 g/mol. The van der Waals surface area contributed by atoms with E-state index in [1.165, 1.54) is 41.5 Å². The number of nitrogens with two attached hydrogens (primary N) is 1. The van der Waals surface area contributed by atoms with Gasteiger partial charge in [-0.15, -0.1) is 0 Å². The molecular formula is C19H24N2. The molecule has 2 aromatic rings. The Hall–Kier alpha value is -1.64. The lowest BCUT2D eigenvalue weighted by atomic mass is 9.79. The van der Waals surface area contributed by atoms with Crippen molar-refractivity contribution < 1.29 is 0 Å². The van der Waals surface area contributed by atoms with E-state index in [2.05, 4.69) is 60.9 Å². The van der Waals surface area contributed by atoms with Gasteiger partial charge in [-0.1, -0.05) is 61.9 Å². The molecule has 1 saturated carbocycles. The number of hydrogen-bond donors (Lipinski definition) is 2. The molecule has 0 saturated heterocycles. The van der Waals surface area contributed by atoms with E-state index in [9.17, 15) is 0 Å². The summed E-state index contributed by atoms with van der Waals surface area (Å²) in [6.07, 6.45) is 5.05. The van der Waals surface area contributed by atoms with Crippen LogP contribution >= 0.6 is 0 Å². The molecule has 3 N–H and O–H groups in total. The number of hydrazine groups is 1. The highest BCUT2D eigenvalue weighted by atomic mass is 15.2. The van der Waals surface area contributed by atoms with Gasteiger partial charge in [0.25, 0.3) is 0 Å². The molecule has 1 atom stereocenters. The van der Waals surface area contributed by atoms with Gasteiger partial charge in [-0.2, -0.15) is 0 Å². The number of hydrogen-bond acceptors (Lipinski definition) is 2. The van der Waals surface area contributed by atoms with E-state index in [1.54, 1.807) is 0 Å². The molecule has 0 spiro atoms. The van der Waals surface area contributed by atoms with Crippen LogP contribution in [0.2, 0.25) is 0 Å². The van der Waals surface area contributed by atoms with Gasteiger partial charge < -0.3 is 0 Å². The average Bonchev–Trinajstić information content (AvgIpc) is 2.47. The molecule has 2 aromatic carbocycles. The first-order valence-corrected chi connectivity index (χ1v) is 7.97. The van der Waals surface area contributed by atoms with E-state index < -0.39 is 0 Å². The van der Waals surface area contributed by atoms with Crippen LogP contribution in [0.15, 0.2) is 48.5 Å². The highest BCUT2D eigenvalue weighted by Gasteiger charge is 2.21. The Kier molecular flexibility index (Phi) is 4.37. The van der Waals surface area contributed by atoms with Gasteiger partial charge in [-0.3, -0.25) is 5.84 Å². The Morgan fingerprint density at radius 3 is 2.62 bits per heavy atom. The summed E-state index contributed by atoms with van der Waals surface area (Å²) in [4.78, 5) is 0. The van der Waals surface area contributed by atoms with Crippen LogP contribution in [0.3, 0.4) is 0 Å². The van der Waals surface area contributed by atoms with Crippen molar-refractivity contribution in [2.45, 2.75) is 44.6 Å². The highest BCUT2D eigenvalue weighted by Crippen LogP contribution is 2.37. The SMILES string of the molecule is CCc1ccccc1C(NN)c1cccc(C2CCC2)c1. The molecule has 0 aromatic heterocycles. The fourth-order valence-electron chi connectivity index (χ4n) is 3.24. The van der Waals surface area contributed by atoms with Crippen LogP contribution < -0.4 is 11.3 Å². The zero-order chi connectivity index (χ0) is 14.7. The van der Waals surface area contributed by atoms with Gasteiger partial charge in [-0.25, -0.2) is 5.43 Å². The third-order valence-electron chi connectivity index (χ3n) is 4.73. The first kappa shape index (κ1) is 14.3. The Morgan fingerprint density at radius 1 is 1.14 bits per heavy atom. The van der Waals surface area contributed by atoms with Gasteiger partial charge in [-0.05, 0) is 47.4 Å². The summed E-state index contributed by atoms with van der Waals surface area (Å²) in [6, 6.07) is 17.6. The topological polar surface area (TPSA) is 38.0 Å². The fourth-order valence-corrected chi connectivity index (χ4v) is 3.24. The van der Waals surface area contributed by atoms with Crippen molar-refractivity contribution >= 4 is 0 Å². The summed E-state index contributed by atoms with van der Waals surface area (Å²) in [7, 11) is 0. The normalized spacial score (nSPS) is 16.5. The van der Waals surface area contributed by atoms with Crippen molar-refractivity contribution in [1.29, 1.82) is 0 Å². The summed E-state index contributed by atoms with van der Waals surface area (Å²) in [5.74, 6) is 6.64. The summed E-state index contributed by atoms with van der Waals surface area (Å²) in [5.41, 5.74) is 8.39. The standard InChI is InChI=1S/C19H24N2/c1-2-14-7-3-4-12-18(14)19(21-20)17-11-6-10-16(13-17)15-8-5-9-15/h3-4,6-7,10-13,15,19,21H,2,5,8-9,20H2,1H3. The lowest BCUT2D eigenvalue weighted by molar-refractivity contribution is 0.419. The quantitative estimate of drug-likeness (QED) is 0.640. The van der Waals surface area contributed by atoms with Gasteiger partial charge in [0.1, 0.15) is 0 Å². The van der Waals surface area contributed by atoms with Crippen molar-refractivity contribution in [2.75, 3.05) is 0 Å². The molecule has 1 fully saturated rings. The summed E-state index contributed by atoms with van der Waals surface area (Å²) in [6.45, 7) is 2.19. The largest absolute Gasteiger partial charge is 0.271 e. The number of aryl methyl sites for hydroxylation is 1. The van der Waals surface area contributed by atoms with Gasteiger partial charge in [0.2, 0.25) is 0 Å². The Bertz CT molecular complexity index is 602. The van der Waals surface area contributed by atoms with Gasteiger partial charge >= 0.3 is 0 Å².